The van der Waals surface area contributed by atoms with Gasteiger partial charge < -0.3 is 19.6 Å². The minimum Gasteiger partial charge on any atom is -0.497 e. The summed E-state index contributed by atoms with van der Waals surface area (Å²) >= 11 is 0. The molecule has 0 saturated carbocycles. The molecule has 0 bridgehead atoms. The summed E-state index contributed by atoms with van der Waals surface area (Å²) in [5, 5.41) is 8.94. The van der Waals surface area contributed by atoms with Gasteiger partial charge in [0.15, 0.2) is 0 Å². The molecule has 7 heteroatoms. The molecule has 130 valence electrons. The summed E-state index contributed by atoms with van der Waals surface area (Å²) in [6.45, 7) is 1.98. The molecule has 2 rings (SSSR count). The first-order valence-corrected chi connectivity index (χ1v) is 7.75. The van der Waals surface area contributed by atoms with Crippen LogP contribution in [0.4, 0.5) is 5.69 Å². The Balaban J connectivity index is 2.02. The predicted octanol–water partition coefficient (Wildman–Crippen LogP) is 1.23. The number of carbonyl (C=O) groups is 3. The van der Waals surface area contributed by atoms with E-state index in [1.165, 1.54) is 4.90 Å². The molecule has 2 amide bonds. The third kappa shape index (κ3) is 3.84. The van der Waals surface area contributed by atoms with Crippen LogP contribution in [0.3, 0.4) is 0 Å². The van der Waals surface area contributed by atoms with E-state index in [2.05, 4.69) is 0 Å². The predicted molar refractivity (Wildman–Crippen MR) is 87.9 cm³/mol. The third-order valence-electron chi connectivity index (χ3n) is 4.20. The molecule has 0 aliphatic carbocycles. The van der Waals surface area contributed by atoms with Gasteiger partial charge in [0, 0.05) is 32.2 Å². The Bertz CT molecular complexity index is 628. The van der Waals surface area contributed by atoms with Gasteiger partial charge in [0.2, 0.25) is 11.8 Å². The maximum atomic E-state index is 12.5. The van der Waals surface area contributed by atoms with Crippen molar-refractivity contribution in [2.75, 3.05) is 32.1 Å². The largest absolute Gasteiger partial charge is 0.497 e. The first-order chi connectivity index (χ1) is 11.3. The number of anilines is 1. The smallest absolute Gasteiger partial charge is 0.308 e. The molecule has 0 radical (unpaired) electrons. The number of hydrogen-bond donors (Lipinski definition) is 1. The standard InChI is InChI=1S/C17H22N2O5/c1-11(17(22)23)9-18(2)16(21)12-8-15(20)19(10-12)13-4-6-14(24-3)7-5-13/h4-7,11-12H,8-10H2,1-3H3,(H,22,23). The number of nitrogens with zero attached hydrogens (tertiary/aromatic N) is 2. The first kappa shape index (κ1) is 17.8. The average molecular weight is 334 g/mol. The van der Waals surface area contributed by atoms with E-state index in [-0.39, 0.29) is 24.8 Å². The number of aliphatic carboxylic acids is 1. The van der Waals surface area contributed by atoms with Gasteiger partial charge in [0.1, 0.15) is 5.75 Å². The summed E-state index contributed by atoms with van der Waals surface area (Å²) in [4.78, 5) is 38.6. The summed E-state index contributed by atoms with van der Waals surface area (Å²) in [6, 6.07) is 7.08. The molecule has 1 saturated heterocycles. The van der Waals surface area contributed by atoms with E-state index in [4.69, 9.17) is 9.84 Å². The lowest BCUT2D eigenvalue weighted by atomic mass is 10.1. The quantitative estimate of drug-likeness (QED) is 0.845. The number of rotatable bonds is 6. The number of methoxy groups -OCH3 is 1. The highest BCUT2D eigenvalue weighted by molar-refractivity contribution is 6.00. The Kier molecular flexibility index (Phi) is 5.43. The van der Waals surface area contributed by atoms with Crippen molar-refractivity contribution in [2.45, 2.75) is 13.3 Å². The zero-order valence-electron chi connectivity index (χ0n) is 14.1. The molecule has 24 heavy (non-hydrogen) atoms. The minimum absolute atomic E-state index is 0.113. The topological polar surface area (TPSA) is 87.2 Å². The molecular formula is C17H22N2O5. The second-order valence-electron chi connectivity index (χ2n) is 6.06. The van der Waals surface area contributed by atoms with Crippen molar-refractivity contribution in [3.05, 3.63) is 24.3 Å². The van der Waals surface area contributed by atoms with Gasteiger partial charge in [-0.15, -0.1) is 0 Å². The van der Waals surface area contributed by atoms with Crippen molar-refractivity contribution >= 4 is 23.5 Å². The lowest BCUT2D eigenvalue weighted by Gasteiger charge is -2.23. The van der Waals surface area contributed by atoms with Crippen molar-refractivity contribution in [3.8, 4) is 5.75 Å². The van der Waals surface area contributed by atoms with Crippen LogP contribution in [-0.2, 0) is 14.4 Å². The van der Waals surface area contributed by atoms with E-state index in [9.17, 15) is 14.4 Å². The van der Waals surface area contributed by atoms with E-state index in [0.717, 1.165) is 5.69 Å². The summed E-state index contributed by atoms with van der Waals surface area (Å²) < 4.78 is 5.09. The van der Waals surface area contributed by atoms with E-state index >= 15 is 0 Å². The summed E-state index contributed by atoms with van der Waals surface area (Å²) in [7, 11) is 3.14. The molecule has 7 nitrogen and oxygen atoms in total. The van der Waals surface area contributed by atoms with Gasteiger partial charge in [0.05, 0.1) is 18.9 Å². The molecule has 1 N–H and O–H groups in total. The Hall–Kier alpha value is -2.57. The maximum Gasteiger partial charge on any atom is 0.308 e. The average Bonchev–Trinajstić information content (AvgIpc) is 2.95. The first-order valence-electron chi connectivity index (χ1n) is 7.75. The fraction of sp³-hybridized carbons (Fsp3) is 0.471. The van der Waals surface area contributed by atoms with E-state index < -0.39 is 17.8 Å². The van der Waals surface area contributed by atoms with Crippen LogP contribution in [0.2, 0.25) is 0 Å². The van der Waals surface area contributed by atoms with Crippen molar-refractivity contribution in [1.82, 2.24) is 4.90 Å². The number of benzene rings is 1. The van der Waals surface area contributed by atoms with Crippen LogP contribution in [-0.4, -0.2) is 55.0 Å². The maximum absolute atomic E-state index is 12.5. The van der Waals surface area contributed by atoms with Gasteiger partial charge in [-0.05, 0) is 24.3 Å². The number of carboxylic acid groups (broad SMARTS) is 1. The molecule has 2 atom stereocenters. The Morgan fingerprint density at radius 1 is 1.38 bits per heavy atom. The highest BCUT2D eigenvalue weighted by Gasteiger charge is 2.36. The number of carboxylic acids is 1. The minimum atomic E-state index is -0.947. The van der Waals surface area contributed by atoms with Crippen LogP contribution in [0.1, 0.15) is 13.3 Å². The monoisotopic (exact) mass is 334 g/mol. The number of amides is 2. The molecule has 1 heterocycles. The molecule has 1 aromatic carbocycles. The highest BCUT2D eigenvalue weighted by Crippen LogP contribution is 2.27. The molecule has 0 spiro atoms. The normalized spacial score (nSPS) is 18.4. The van der Waals surface area contributed by atoms with Crippen LogP contribution < -0.4 is 9.64 Å². The molecule has 1 fully saturated rings. The van der Waals surface area contributed by atoms with Gasteiger partial charge in [-0.1, -0.05) is 6.92 Å². The summed E-state index contributed by atoms with van der Waals surface area (Å²) in [5.74, 6) is -1.66. The second-order valence-corrected chi connectivity index (χ2v) is 6.06. The summed E-state index contributed by atoms with van der Waals surface area (Å²) in [6.07, 6.45) is 0.136. The molecular weight excluding hydrogens is 312 g/mol. The lowest BCUT2D eigenvalue weighted by Crippen LogP contribution is -2.38. The van der Waals surface area contributed by atoms with E-state index in [0.29, 0.717) is 12.3 Å². The van der Waals surface area contributed by atoms with Gasteiger partial charge in [-0.25, -0.2) is 0 Å². The van der Waals surface area contributed by atoms with Crippen molar-refractivity contribution in [1.29, 1.82) is 0 Å². The third-order valence-corrected chi connectivity index (χ3v) is 4.20. The lowest BCUT2D eigenvalue weighted by molar-refractivity contribution is -0.143. The Morgan fingerprint density at radius 3 is 2.54 bits per heavy atom. The number of ether oxygens (including phenoxy) is 1. The summed E-state index contributed by atoms with van der Waals surface area (Å²) in [5.41, 5.74) is 0.720. The van der Waals surface area contributed by atoms with Gasteiger partial charge in [-0.3, -0.25) is 14.4 Å². The van der Waals surface area contributed by atoms with E-state index in [1.54, 1.807) is 50.2 Å². The Labute approximate surface area is 140 Å². The van der Waals surface area contributed by atoms with Crippen molar-refractivity contribution in [3.63, 3.8) is 0 Å². The fourth-order valence-electron chi connectivity index (χ4n) is 2.78. The van der Waals surface area contributed by atoms with Crippen molar-refractivity contribution in [2.24, 2.45) is 11.8 Å². The second kappa shape index (κ2) is 7.33. The van der Waals surface area contributed by atoms with Crippen LogP contribution in [0.15, 0.2) is 24.3 Å². The Morgan fingerprint density at radius 2 is 2.00 bits per heavy atom. The molecule has 1 aromatic rings. The van der Waals surface area contributed by atoms with Gasteiger partial charge >= 0.3 is 5.97 Å². The van der Waals surface area contributed by atoms with Gasteiger partial charge in [0.25, 0.3) is 0 Å². The number of hydrogen-bond acceptors (Lipinski definition) is 4. The highest BCUT2D eigenvalue weighted by atomic mass is 16.5. The zero-order valence-corrected chi connectivity index (χ0v) is 14.1. The molecule has 1 aliphatic heterocycles. The number of carbonyl (C=O) groups excluding carboxylic acids is 2. The van der Waals surface area contributed by atoms with Crippen molar-refractivity contribution < 1.29 is 24.2 Å². The molecule has 1 aliphatic rings. The van der Waals surface area contributed by atoms with Crippen LogP contribution in [0.25, 0.3) is 0 Å². The van der Waals surface area contributed by atoms with E-state index in [1.807, 2.05) is 0 Å². The van der Waals surface area contributed by atoms with Gasteiger partial charge in [-0.2, -0.15) is 0 Å². The molecule has 0 aromatic heterocycles. The SMILES string of the molecule is COc1ccc(N2CC(C(=O)N(C)CC(C)C(=O)O)CC2=O)cc1. The van der Waals surface area contributed by atoms with Crippen LogP contribution in [0.5, 0.6) is 5.75 Å². The van der Waals surface area contributed by atoms with Crippen LogP contribution >= 0.6 is 0 Å². The fourth-order valence-corrected chi connectivity index (χ4v) is 2.78. The molecule has 2 unspecified atom stereocenters. The zero-order chi connectivity index (χ0) is 17.9. The van der Waals surface area contributed by atoms with Crippen LogP contribution in [0, 0.1) is 11.8 Å².